The molecule has 252 valence electrons. The fourth-order valence-corrected chi connectivity index (χ4v) is 4.97. The number of carboxylic acid groups (broad SMARTS) is 1. The van der Waals surface area contributed by atoms with Gasteiger partial charge >= 0.3 is 11.9 Å². The molecule has 4 aromatic carbocycles. The quantitative estimate of drug-likeness (QED) is 0.0573. The molecule has 0 bridgehead atoms. The van der Waals surface area contributed by atoms with Crippen LogP contribution in [-0.2, 0) is 17.6 Å². The maximum absolute atomic E-state index is 13.4. The van der Waals surface area contributed by atoms with Gasteiger partial charge in [-0.25, -0.2) is 18.4 Å². The second-order valence-electron chi connectivity index (χ2n) is 11.4. The molecule has 48 heavy (non-hydrogen) atoms. The number of hydrogen-bond donors (Lipinski definition) is 3. The van der Waals surface area contributed by atoms with E-state index in [4.69, 9.17) is 9.47 Å². The van der Waals surface area contributed by atoms with Crippen molar-refractivity contribution in [3.05, 3.63) is 125 Å². The molecule has 0 aromatic heterocycles. The highest BCUT2D eigenvalue weighted by Crippen LogP contribution is 2.19. The molecule has 1 atom stereocenters. The van der Waals surface area contributed by atoms with Gasteiger partial charge in [-0.3, -0.25) is 4.79 Å². The minimum atomic E-state index is -1.20. The van der Waals surface area contributed by atoms with Crippen molar-refractivity contribution in [3.63, 3.8) is 0 Å². The number of esters is 1. The van der Waals surface area contributed by atoms with Crippen molar-refractivity contribution in [2.24, 2.45) is 0 Å². The van der Waals surface area contributed by atoms with E-state index in [1.54, 1.807) is 72.8 Å². The topological polar surface area (TPSA) is 114 Å². The Morgan fingerprint density at radius 2 is 1.38 bits per heavy atom. The number of carboxylic acids is 1. The lowest BCUT2D eigenvalue weighted by molar-refractivity contribution is -0.139. The van der Waals surface area contributed by atoms with Crippen molar-refractivity contribution >= 4 is 23.5 Å². The molecule has 0 heterocycles. The molecule has 10 heteroatoms. The first-order valence-corrected chi connectivity index (χ1v) is 16.1. The Balaban J connectivity index is 1.23. The van der Waals surface area contributed by atoms with Crippen molar-refractivity contribution in [3.8, 4) is 11.5 Å². The highest BCUT2D eigenvalue weighted by atomic mass is 19.1. The molecule has 0 spiro atoms. The Kier molecular flexibility index (Phi) is 13.5. The number of halogens is 2. The third-order valence-electron chi connectivity index (χ3n) is 7.60. The number of carbonyl (C=O) groups excluding carboxylic acids is 2. The van der Waals surface area contributed by atoms with Crippen LogP contribution in [0.2, 0.25) is 0 Å². The number of carbonyl (C=O) groups is 3. The van der Waals surface area contributed by atoms with Crippen LogP contribution in [0, 0.1) is 11.6 Å². The monoisotopic (exact) mass is 658 g/mol. The van der Waals surface area contributed by atoms with Crippen molar-refractivity contribution in [2.45, 2.75) is 57.9 Å². The summed E-state index contributed by atoms with van der Waals surface area (Å²) in [5.41, 5.74) is 2.46. The molecule has 1 unspecified atom stereocenters. The van der Waals surface area contributed by atoms with Crippen molar-refractivity contribution in [1.82, 2.24) is 5.32 Å². The molecular formula is C38H40F2N2O6. The molecule has 0 aliphatic carbocycles. The summed E-state index contributed by atoms with van der Waals surface area (Å²) >= 11 is 0. The van der Waals surface area contributed by atoms with E-state index < -0.39 is 35.5 Å². The maximum atomic E-state index is 13.4. The first-order valence-electron chi connectivity index (χ1n) is 16.1. The molecule has 0 aliphatic heterocycles. The lowest BCUT2D eigenvalue weighted by Gasteiger charge is -2.15. The minimum Gasteiger partial charge on any atom is -0.494 e. The van der Waals surface area contributed by atoms with E-state index in [2.05, 4.69) is 17.6 Å². The Bertz CT molecular complexity index is 1620. The van der Waals surface area contributed by atoms with Crippen LogP contribution in [0.4, 0.5) is 14.5 Å². The number of amides is 1. The highest BCUT2D eigenvalue weighted by molar-refractivity contribution is 5.97. The summed E-state index contributed by atoms with van der Waals surface area (Å²) in [5.74, 6) is -2.58. The number of hydrogen-bond acceptors (Lipinski definition) is 6. The number of ether oxygens (including phenoxy) is 2. The van der Waals surface area contributed by atoms with Crippen LogP contribution in [0.1, 0.15) is 70.9 Å². The standard InChI is InChI=1S/C38H40F2N2O6/c1-2-3-4-5-6-21-47-33-17-11-29(12-18-33)38(46)48-34-15-7-26(8-16-34)24-35(37(44)45)42-36(43)28-9-13-32(14-10-28)41-20-19-27-22-30(39)25-31(40)23-27/h7-18,22-23,25,35,41H,2-6,19-21,24H2,1H3,(H,42,43)(H,44,45). The van der Waals surface area contributed by atoms with Gasteiger partial charge in [0.2, 0.25) is 0 Å². The molecule has 4 rings (SSSR count). The fraction of sp³-hybridized carbons (Fsp3) is 0.289. The summed E-state index contributed by atoms with van der Waals surface area (Å²) in [4.78, 5) is 37.4. The first kappa shape index (κ1) is 35.6. The smallest absolute Gasteiger partial charge is 0.343 e. The van der Waals surface area contributed by atoms with Gasteiger partial charge in [-0.2, -0.15) is 0 Å². The molecule has 0 radical (unpaired) electrons. The molecule has 1 amide bonds. The number of anilines is 1. The molecule has 0 saturated heterocycles. The van der Waals surface area contributed by atoms with Gasteiger partial charge in [-0.05, 0) is 96.8 Å². The predicted molar refractivity (Wildman–Crippen MR) is 180 cm³/mol. The van der Waals surface area contributed by atoms with Crippen LogP contribution in [0.15, 0.2) is 91.0 Å². The fourth-order valence-electron chi connectivity index (χ4n) is 4.97. The molecule has 0 saturated carbocycles. The number of rotatable bonds is 18. The number of nitrogens with one attached hydrogen (secondary N) is 2. The van der Waals surface area contributed by atoms with E-state index in [1.165, 1.54) is 31.4 Å². The summed E-state index contributed by atoms with van der Waals surface area (Å²) in [7, 11) is 0. The average molecular weight is 659 g/mol. The summed E-state index contributed by atoms with van der Waals surface area (Å²) in [6.07, 6.45) is 6.14. The molecular weight excluding hydrogens is 618 g/mol. The zero-order valence-electron chi connectivity index (χ0n) is 26.8. The van der Waals surface area contributed by atoms with E-state index >= 15 is 0 Å². The molecule has 3 N–H and O–H groups in total. The van der Waals surface area contributed by atoms with Gasteiger partial charge in [0.05, 0.1) is 12.2 Å². The van der Waals surface area contributed by atoms with Crippen molar-refractivity contribution in [1.29, 1.82) is 0 Å². The number of unbranched alkanes of at least 4 members (excludes halogenated alkanes) is 4. The largest absolute Gasteiger partial charge is 0.494 e. The zero-order chi connectivity index (χ0) is 34.3. The molecule has 0 fully saturated rings. The van der Waals surface area contributed by atoms with Gasteiger partial charge in [0, 0.05) is 30.3 Å². The minimum absolute atomic E-state index is 0.00960. The van der Waals surface area contributed by atoms with Gasteiger partial charge < -0.3 is 25.2 Å². The van der Waals surface area contributed by atoms with Gasteiger partial charge in [-0.15, -0.1) is 0 Å². The number of aliphatic carboxylic acids is 1. The first-order chi connectivity index (χ1) is 23.2. The Morgan fingerprint density at radius 3 is 2.02 bits per heavy atom. The van der Waals surface area contributed by atoms with Crippen LogP contribution in [0.25, 0.3) is 0 Å². The zero-order valence-corrected chi connectivity index (χ0v) is 26.8. The highest BCUT2D eigenvalue weighted by Gasteiger charge is 2.21. The van der Waals surface area contributed by atoms with E-state index in [-0.39, 0.29) is 12.0 Å². The van der Waals surface area contributed by atoms with Gasteiger partial charge in [-0.1, -0.05) is 44.7 Å². The third-order valence-corrected chi connectivity index (χ3v) is 7.60. The summed E-state index contributed by atoms with van der Waals surface area (Å²) in [5, 5.41) is 15.4. The Hall–Kier alpha value is -5.25. The van der Waals surface area contributed by atoms with E-state index in [0.29, 0.717) is 53.4 Å². The summed E-state index contributed by atoms with van der Waals surface area (Å²) < 4.78 is 38.0. The normalized spacial score (nSPS) is 11.4. The number of benzene rings is 4. The van der Waals surface area contributed by atoms with Crippen LogP contribution in [-0.4, -0.2) is 42.1 Å². The predicted octanol–water partition coefficient (Wildman–Crippen LogP) is 7.61. The van der Waals surface area contributed by atoms with Crippen LogP contribution < -0.4 is 20.1 Å². The van der Waals surface area contributed by atoms with Gasteiger partial charge in [0.1, 0.15) is 29.2 Å². The second kappa shape index (κ2) is 18.2. The average Bonchev–Trinajstić information content (AvgIpc) is 3.07. The van der Waals surface area contributed by atoms with E-state index in [1.807, 2.05) is 0 Å². The third kappa shape index (κ3) is 11.5. The molecule has 0 aliphatic rings. The van der Waals surface area contributed by atoms with Crippen LogP contribution in [0.5, 0.6) is 11.5 Å². The van der Waals surface area contributed by atoms with Crippen LogP contribution >= 0.6 is 0 Å². The Morgan fingerprint density at radius 1 is 0.750 bits per heavy atom. The van der Waals surface area contributed by atoms with Gasteiger partial charge in [0.15, 0.2) is 0 Å². The van der Waals surface area contributed by atoms with Gasteiger partial charge in [0.25, 0.3) is 5.91 Å². The van der Waals surface area contributed by atoms with E-state index in [9.17, 15) is 28.3 Å². The van der Waals surface area contributed by atoms with Crippen molar-refractivity contribution < 1.29 is 37.7 Å². The van der Waals surface area contributed by atoms with Crippen LogP contribution in [0.3, 0.4) is 0 Å². The molecule has 8 nitrogen and oxygen atoms in total. The lowest BCUT2D eigenvalue weighted by atomic mass is 10.0. The summed E-state index contributed by atoms with van der Waals surface area (Å²) in [6.45, 7) is 3.22. The molecule has 4 aromatic rings. The summed E-state index contributed by atoms with van der Waals surface area (Å²) in [6, 6.07) is 21.8. The lowest BCUT2D eigenvalue weighted by Crippen LogP contribution is -2.42. The Labute approximate surface area is 279 Å². The SMILES string of the molecule is CCCCCCCOc1ccc(C(=O)Oc2ccc(CC(NC(=O)c3ccc(NCCc4cc(F)cc(F)c4)cc3)C(=O)O)cc2)cc1. The second-order valence-corrected chi connectivity index (χ2v) is 11.4. The maximum Gasteiger partial charge on any atom is 0.343 e. The van der Waals surface area contributed by atoms with Crippen molar-refractivity contribution in [2.75, 3.05) is 18.5 Å². The van der Waals surface area contributed by atoms with E-state index in [0.717, 1.165) is 18.9 Å².